The molecule has 1 saturated heterocycles. The first-order valence-corrected chi connectivity index (χ1v) is 9.03. The number of ether oxygens (including phenoxy) is 2. The first-order chi connectivity index (χ1) is 13.1. The number of aromatic hydroxyl groups is 1. The molecule has 9 heteroatoms. The number of hydrogen-bond acceptors (Lipinski definition) is 7. The Labute approximate surface area is 161 Å². The Morgan fingerprint density at radius 2 is 2.04 bits per heavy atom. The molecule has 0 saturated carbocycles. The molecule has 0 radical (unpaired) electrons. The minimum Gasteiger partial charge on any atom is -0.497 e. The number of hydrogen-bond donors (Lipinski definition) is 2. The van der Waals surface area contributed by atoms with Crippen molar-refractivity contribution in [2.24, 2.45) is 4.99 Å². The summed E-state index contributed by atoms with van der Waals surface area (Å²) < 4.78 is 11.9. The highest BCUT2D eigenvalue weighted by molar-refractivity contribution is 7.71. The number of nitrogens with one attached hydrogen (secondary N) is 1. The number of benzene rings is 1. The first kappa shape index (κ1) is 19.3. The molecule has 0 aliphatic carbocycles. The zero-order valence-corrected chi connectivity index (χ0v) is 15.9. The van der Waals surface area contributed by atoms with Crippen LogP contribution >= 0.6 is 12.2 Å². The highest BCUT2D eigenvalue weighted by Crippen LogP contribution is 2.21. The molecular formula is C18H22N4O4S. The lowest BCUT2D eigenvalue weighted by atomic mass is 10.2. The molecule has 1 aromatic heterocycles. The second kappa shape index (κ2) is 8.94. The van der Waals surface area contributed by atoms with Gasteiger partial charge >= 0.3 is 0 Å². The average molecular weight is 390 g/mol. The predicted octanol–water partition coefficient (Wildman–Crippen LogP) is 1.36. The van der Waals surface area contributed by atoms with Gasteiger partial charge in [0, 0.05) is 25.8 Å². The summed E-state index contributed by atoms with van der Waals surface area (Å²) in [6.45, 7) is 4.51. The molecule has 1 aliphatic rings. The Morgan fingerprint density at radius 3 is 2.70 bits per heavy atom. The fourth-order valence-corrected chi connectivity index (χ4v) is 3.09. The summed E-state index contributed by atoms with van der Waals surface area (Å²) in [6, 6.07) is 6.98. The zero-order chi connectivity index (χ0) is 19.2. The molecule has 3 rings (SSSR count). The standard InChI is InChI=1S/C18H22N4O4S/c1-25-14-4-2-13(3-5-14)22-17(24)15(16(23)20-18(22)27)12-19-6-7-21-8-10-26-11-9-21/h2-5,12,24H,6-11H2,1H3,(H,20,23,27). The average Bonchev–Trinajstić information content (AvgIpc) is 2.68. The van der Waals surface area contributed by atoms with E-state index in [2.05, 4.69) is 14.9 Å². The monoisotopic (exact) mass is 390 g/mol. The molecule has 0 bridgehead atoms. The van der Waals surface area contributed by atoms with E-state index in [-0.39, 0.29) is 16.2 Å². The molecule has 2 heterocycles. The predicted molar refractivity (Wildman–Crippen MR) is 105 cm³/mol. The van der Waals surface area contributed by atoms with Gasteiger partial charge in [0.1, 0.15) is 11.3 Å². The zero-order valence-electron chi connectivity index (χ0n) is 15.1. The third-order valence-electron chi connectivity index (χ3n) is 4.32. The summed E-state index contributed by atoms with van der Waals surface area (Å²) in [5.74, 6) is 0.433. The molecular weight excluding hydrogens is 368 g/mol. The van der Waals surface area contributed by atoms with E-state index in [9.17, 15) is 9.90 Å². The number of aromatic nitrogens is 2. The maximum Gasteiger partial charge on any atom is 0.264 e. The van der Waals surface area contributed by atoms with Gasteiger partial charge < -0.3 is 14.6 Å². The molecule has 0 unspecified atom stereocenters. The van der Waals surface area contributed by atoms with E-state index in [0.717, 1.165) is 32.8 Å². The fraction of sp³-hybridized carbons (Fsp3) is 0.389. The van der Waals surface area contributed by atoms with Gasteiger partial charge in [-0.15, -0.1) is 0 Å². The highest BCUT2D eigenvalue weighted by atomic mass is 32.1. The van der Waals surface area contributed by atoms with Gasteiger partial charge in [-0.1, -0.05) is 0 Å². The fourth-order valence-electron chi connectivity index (χ4n) is 2.81. The van der Waals surface area contributed by atoms with E-state index >= 15 is 0 Å². The molecule has 1 aromatic carbocycles. The van der Waals surface area contributed by atoms with E-state index in [4.69, 9.17) is 21.7 Å². The molecule has 0 amide bonds. The first-order valence-electron chi connectivity index (χ1n) is 8.63. The summed E-state index contributed by atoms with van der Waals surface area (Å²) in [7, 11) is 1.57. The Kier molecular flexibility index (Phi) is 6.38. The van der Waals surface area contributed by atoms with Crippen LogP contribution in [0.5, 0.6) is 11.6 Å². The molecule has 27 heavy (non-hydrogen) atoms. The van der Waals surface area contributed by atoms with Gasteiger partial charge in [0.15, 0.2) is 4.77 Å². The molecule has 0 atom stereocenters. The Balaban J connectivity index is 1.81. The van der Waals surface area contributed by atoms with Crippen LogP contribution in [0.1, 0.15) is 5.56 Å². The number of nitrogens with zero attached hydrogens (tertiary/aromatic N) is 3. The second-order valence-electron chi connectivity index (χ2n) is 6.02. The number of methoxy groups -OCH3 is 1. The summed E-state index contributed by atoms with van der Waals surface area (Å²) in [5, 5.41) is 10.6. The normalized spacial score (nSPS) is 15.3. The van der Waals surface area contributed by atoms with Crippen LogP contribution < -0.4 is 10.3 Å². The van der Waals surface area contributed by atoms with Crippen LogP contribution in [0.15, 0.2) is 34.1 Å². The van der Waals surface area contributed by atoms with Gasteiger partial charge in [-0.2, -0.15) is 0 Å². The van der Waals surface area contributed by atoms with E-state index in [0.29, 0.717) is 18.0 Å². The lowest BCUT2D eigenvalue weighted by Crippen LogP contribution is -2.37. The van der Waals surface area contributed by atoms with Gasteiger partial charge in [-0.25, -0.2) is 0 Å². The summed E-state index contributed by atoms with van der Waals surface area (Å²) in [6.07, 6.45) is 1.39. The van der Waals surface area contributed by atoms with Crippen LogP contribution in [0.3, 0.4) is 0 Å². The quantitative estimate of drug-likeness (QED) is 0.572. The molecule has 1 fully saturated rings. The van der Waals surface area contributed by atoms with Crippen molar-refractivity contribution in [3.8, 4) is 17.3 Å². The minimum absolute atomic E-state index is 0.0707. The van der Waals surface area contributed by atoms with Crippen LogP contribution in [-0.2, 0) is 4.74 Å². The van der Waals surface area contributed by atoms with Crippen molar-refractivity contribution in [2.75, 3.05) is 46.5 Å². The van der Waals surface area contributed by atoms with E-state index in [1.54, 1.807) is 31.4 Å². The Bertz CT molecular complexity index is 914. The van der Waals surface area contributed by atoms with Crippen LogP contribution in [-0.4, -0.2) is 72.3 Å². The largest absolute Gasteiger partial charge is 0.497 e. The van der Waals surface area contributed by atoms with Crippen LogP contribution in [0.2, 0.25) is 0 Å². The SMILES string of the molecule is COc1ccc(-n2c(O)c(C=NCCN3CCOCC3)c(=O)[nH]c2=S)cc1. The highest BCUT2D eigenvalue weighted by Gasteiger charge is 2.13. The number of morpholine rings is 1. The maximum atomic E-state index is 12.2. The van der Waals surface area contributed by atoms with Gasteiger partial charge in [0.2, 0.25) is 5.88 Å². The van der Waals surface area contributed by atoms with Crippen molar-refractivity contribution >= 4 is 18.4 Å². The van der Waals surface area contributed by atoms with Crippen LogP contribution in [0, 0.1) is 4.77 Å². The van der Waals surface area contributed by atoms with Crippen molar-refractivity contribution in [2.45, 2.75) is 0 Å². The van der Waals surface area contributed by atoms with E-state index < -0.39 is 5.56 Å². The van der Waals surface area contributed by atoms with Crippen molar-refractivity contribution in [1.29, 1.82) is 0 Å². The molecule has 8 nitrogen and oxygen atoms in total. The van der Waals surface area contributed by atoms with E-state index in [1.807, 2.05) is 0 Å². The van der Waals surface area contributed by atoms with Crippen molar-refractivity contribution in [1.82, 2.24) is 14.5 Å². The molecule has 2 N–H and O–H groups in total. The topological polar surface area (TPSA) is 92.1 Å². The maximum absolute atomic E-state index is 12.2. The summed E-state index contributed by atoms with van der Waals surface area (Å²) >= 11 is 5.20. The molecule has 144 valence electrons. The van der Waals surface area contributed by atoms with Gasteiger partial charge in [-0.05, 0) is 36.5 Å². The summed E-state index contributed by atoms with van der Waals surface area (Å²) in [5.41, 5.74) is 0.205. The lowest BCUT2D eigenvalue weighted by molar-refractivity contribution is 0.0395. The van der Waals surface area contributed by atoms with Crippen LogP contribution in [0.25, 0.3) is 5.69 Å². The van der Waals surface area contributed by atoms with Gasteiger partial charge in [0.05, 0.1) is 32.6 Å². The third-order valence-corrected chi connectivity index (χ3v) is 4.61. The van der Waals surface area contributed by atoms with Gasteiger partial charge in [-0.3, -0.25) is 24.2 Å². The lowest BCUT2D eigenvalue weighted by Gasteiger charge is -2.25. The van der Waals surface area contributed by atoms with E-state index in [1.165, 1.54) is 10.8 Å². The minimum atomic E-state index is -0.475. The van der Waals surface area contributed by atoms with Crippen molar-refractivity contribution in [3.05, 3.63) is 45.0 Å². The molecule has 0 spiro atoms. The number of aromatic amines is 1. The Morgan fingerprint density at radius 1 is 1.33 bits per heavy atom. The van der Waals surface area contributed by atoms with Crippen molar-refractivity contribution in [3.63, 3.8) is 0 Å². The van der Waals surface area contributed by atoms with Crippen LogP contribution in [0.4, 0.5) is 0 Å². The Hall–Kier alpha value is -2.49. The second-order valence-corrected chi connectivity index (χ2v) is 6.41. The summed E-state index contributed by atoms with van der Waals surface area (Å²) in [4.78, 5) is 21.3. The number of aliphatic imine (C=N–C) groups is 1. The third kappa shape index (κ3) is 4.62. The molecule has 2 aromatic rings. The number of H-pyrrole nitrogens is 1. The smallest absolute Gasteiger partial charge is 0.264 e. The molecule has 1 aliphatic heterocycles. The van der Waals surface area contributed by atoms with Gasteiger partial charge in [0.25, 0.3) is 5.56 Å². The van der Waals surface area contributed by atoms with Crippen molar-refractivity contribution < 1.29 is 14.6 Å². The number of rotatable bonds is 6.